The summed E-state index contributed by atoms with van der Waals surface area (Å²) in [7, 11) is -3.32. The van der Waals surface area contributed by atoms with Crippen molar-refractivity contribution in [3.8, 4) is 0 Å². The predicted octanol–water partition coefficient (Wildman–Crippen LogP) is 1.13. The predicted molar refractivity (Wildman–Crippen MR) is 78.1 cm³/mol. The van der Waals surface area contributed by atoms with E-state index in [0.717, 1.165) is 0 Å². The lowest BCUT2D eigenvalue weighted by Gasteiger charge is -2.25. The molecule has 0 amide bonds. The third-order valence-corrected chi connectivity index (χ3v) is 4.51. The van der Waals surface area contributed by atoms with Gasteiger partial charge in [0.1, 0.15) is 0 Å². The van der Waals surface area contributed by atoms with Crippen molar-refractivity contribution in [3.05, 3.63) is 0 Å². The van der Waals surface area contributed by atoms with Crippen LogP contribution in [0.2, 0.25) is 0 Å². The lowest BCUT2D eigenvalue weighted by atomic mass is 10.3. The standard InChI is InChI=1S/C11H24N2O3S2/c1-9(2)13(6-5-11(12)17)18(14,15)8-7-16-10(3)4/h9-10H,5-8H2,1-4H3,(H2,12,17). The van der Waals surface area contributed by atoms with E-state index in [1.54, 1.807) is 0 Å². The summed E-state index contributed by atoms with van der Waals surface area (Å²) in [4.78, 5) is 0.328. The van der Waals surface area contributed by atoms with Gasteiger partial charge < -0.3 is 10.5 Å². The molecule has 0 aliphatic heterocycles. The topological polar surface area (TPSA) is 72.6 Å². The molecule has 0 unspecified atom stereocenters. The summed E-state index contributed by atoms with van der Waals surface area (Å²) in [6, 6.07) is -0.108. The average Bonchev–Trinajstić information content (AvgIpc) is 2.14. The summed E-state index contributed by atoms with van der Waals surface area (Å²) < 4.78 is 31.0. The quantitative estimate of drug-likeness (QED) is 0.646. The molecule has 0 aromatic rings. The Balaban J connectivity index is 4.52. The van der Waals surface area contributed by atoms with Crippen LogP contribution in [0.5, 0.6) is 0 Å². The minimum atomic E-state index is -3.32. The van der Waals surface area contributed by atoms with Crippen molar-refractivity contribution >= 4 is 27.2 Å². The molecule has 0 saturated carbocycles. The number of ether oxygens (including phenoxy) is 1. The van der Waals surface area contributed by atoms with Gasteiger partial charge in [-0.25, -0.2) is 8.42 Å². The van der Waals surface area contributed by atoms with Gasteiger partial charge in [0, 0.05) is 19.0 Å². The molecule has 108 valence electrons. The molecular weight excluding hydrogens is 272 g/mol. The van der Waals surface area contributed by atoms with Gasteiger partial charge in [0.25, 0.3) is 0 Å². The maximum absolute atomic E-state index is 12.1. The van der Waals surface area contributed by atoms with Gasteiger partial charge >= 0.3 is 0 Å². The Labute approximate surface area is 116 Å². The smallest absolute Gasteiger partial charge is 0.216 e. The highest BCUT2D eigenvalue weighted by Crippen LogP contribution is 2.09. The van der Waals surface area contributed by atoms with Crippen LogP contribution < -0.4 is 5.73 Å². The summed E-state index contributed by atoms with van der Waals surface area (Å²) >= 11 is 4.78. The van der Waals surface area contributed by atoms with Gasteiger partial charge in [-0.05, 0) is 27.7 Å². The van der Waals surface area contributed by atoms with E-state index in [1.165, 1.54) is 4.31 Å². The lowest BCUT2D eigenvalue weighted by molar-refractivity contribution is 0.0905. The molecular formula is C11H24N2O3S2. The first-order valence-corrected chi connectivity index (χ1v) is 8.08. The van der Waals surface area contributed by atoms with Crippen LogP contribution in [0, 0.1) is 0 Å². The fraction of sp³-hybridized carbons (Fsp3) is 0.909. The molecule has 0 atom stereocenters. The molecule has 5 nitrogen and oxygen atoms in total. The highest BCUT2D eigenvalue weighted by Gasteiger charge is 2.24. The molecule has 0 heterocycles. The SMILES string of the molecule is CC(C)OCCS(=O)(=O)N(CCC(N)=S)C(C)C. The molecule has 0 saturated heterocycles. The van der Waals surface area contributed by atoms with E-state index in [-0.39, 0.29) is 24.5 Å². The van der Waals surface area contributed by atoms with E-state index in [1.807, 2.05) is 27.7 Å². The van der Waals surface area contributed by atoms with Crippen molar-refractivity contribution in [3.63, 3.8) is 0 Å². The van der Waals surface area contributed by atoms with Crippen molar-refractivity contribution < 1.29 is 13.2 Å². The van der Waals surface area contributed by atoms with Crippen molar-refractivity contribution in [2.45, 2.75) is 46.3 Å². The minimum absolute atomic E-state index is 0.0132. The van der Waals surface area contributed by atoms with Crippen molar-refractivity contribution in [2.75, 3.05) is 18.9 Å². The third kappa shape index (κ3) is 7.25. The maximum Gasteiger partial charge on any atom is 0.216 e. The number of rotatable bonds is 9. The van der Waals surface area contributed by atoms with Crippen LogP contribution in [-0.2, 0) is 14.8 Å². The Kier molecular flexibility index (Phi) is 7.93. The zero-order valence-corrected chi connectivity index (χ0v) is 13.2. The van der Waals surface area contributed by atoms with E-state index in [4.69, 9.17) is 22.7 Å². The first-order valence-electron chi connectivity index (χ1n) is 6.06. The molecule has 0 aliphatic carbocycles. The van der Waals surface area contributed by atoms with E-state index in [0.29, 0.717) is 18.0 Å². The highest BCUT2D eigenvalue weighted by molar-refractivity contribution is 7.89. The molecule has 7 heteroatoms. The van der Waals surface area contributed by atoms with Crippen molar-refractivity contribution in [2.24, 2.45) is 5.73 Å². The van der Waals surface area contributed by atoms with Crippen LogP contribution >= 0.6 is 12.2 Å². The number of hydrogen-bond acceptors (Lipinski definition) is 4. The van der Waals surface area contributed by atoms with Gasteiger partial charge in [-0.3, -0.25) is 0 Å². The molecule has 0 bridgehead atoms. The Bertz CT molecular complexity index is 353. The fourth-order valence-corrected chi connectivity index (χ4v) is 3.09. The van der Waals surface area contributed by atoms with Crippen molar-refractivity contribution in [1.29, 1.82) is 0 Å². The molecule has 0 fully saturated rings. The first-order chi connectivity index (χ1) is 8.16. The molecule has 0 rings (SSSR count). The zero-order valence-electron chi connectivity index (χ0n) is 11.5. The number of nitrogens with zero attached hydrogens (tertiary/aromatic N) is 1. The normalized spacial score (nSPS) is 12.6. The van der Waals surface area contributed by atoms with E-state index in [2.05, 4.69) is 0 Å². The van der Waals surface area contributed by atoms with Gasteiger partial charge in [-0.2, -0.15) is 4.31 Å². The van der Waals surface area contributed by atoms with Crippen LogP contribution in [0.15, 0.2) is 0 Å². The Morgan fingerprint density at radius 2 is 1.89 bits per heavy atom. The molecule has 0 radical (unpaired) electrons. The summed E-state index contributed by atoms with van der Waals surface area (Å²) in [6.45, 7) is 7.95. The van der Waals surface area contributed by atoms with E-state index in [9.17, 15) is 8.42 Å². The largest absolute Gasteiger partial charge is 0.393 e. The fourth-order valence-electron chi connectivity index (χ4n) is 1.45. The van der Waals surface area contributed by atoms with Gasteiger partial charge in [-0.1, -0.05) is 12.2 Å². The molecule has 0 spiro atoms. The monoisotopic (exact) mass is 296 g/mol. The van der Waals surface area contributed by atoms with E-state index >= 15 is 0 Å². The summed E-state index contributed by atoms with van der Waals surface area (Å²) in [5.41, 5.74) is 5.41. The average molecular weight is 296 g/mol. The summed E-state index contributed by atoms with van der Waals surface area (Å²) in [6.07, 6.45) is 0.432. The Hall–Kier alpha value is -0.240. The molecule has 0 aromatic carbocycles. The maximum atomic E-state index is 12.1. The number of sulfonamides is 1. The summed E-state index contributed by atoms with van der Waals surface area (Å²) in [5.74, 6) is -0.0132. The van der Waals surface area contributed by atoms with E-state index < -0.39 is 10.0 Å². The molecule has 2 N–H and O–H groups in total. The second-order valence-electron chi connectivity index (χ2n) is 4.66. The molecule has 0 aliphatic rings. The van der Waals surface area contributed by atoms with Crippen LogP contribution in [0.25, 0.3) is 0 Å². The first kappa shape index (κ1) is 17.8. The van der Waals surface area contributed by atoms with Gasteiger partial charge in [-0.15, -0.1) is 0 Å². The lowest BCUT2D eigenvalue weighted by Crippen LogP contribution is -2.41. The van der Waals surface area contributed by atoms with Crippen LogP contribution in [-0.4, -0.2) is 48.8 Å². The Morgan fingerprint density at radius 3 is 2.28 bits per heavy atom. The zero-order chi connectivity index (χ0) is 14.3. The highest BCUT2D eigenvalue weighted by atomic mass is 32.2. The minimum Gasteiger partial charge on any atom is -0.393 e. The van der Waals surface area contributed by atoms with Gasteiger partial charge in [0.05, 0.1) is 23.5 Å². The Morgan fingerprint density at radius 1 is 1.33 bits per heavy atom. The third-order valence-electron chi connectivity index (χ3n) is 2.30. The van der Waals surface area contributed by atoms with Crippen molar-refractivity contribution in [1.82, 2.24) is 4.31 Å². The van der Waals surface area contributed by atoms with Gasteiger partial charge in [0.2, 0.25) is 10.0 Å². The van der Waals surface area contributed by atoms with Gasteiger partial charge in [0.15, 0.2) is 0 Å². The number of hydrogen-bond donors (Lipinski definition) is 1. The second-order valence-corrected chi connectivity index (χ2v) is 7.22. The number of nitrogens with two attached hydrogens (primary N) is 1. The molecule has 18 heavy (non-hydrogen) atoms. The molecule has 0 aromatic heterocycles. The van der Waals surface area contributed by atoms with Crippen LogP contribution in [0.3, 0.4) is 0 Å². The second kappa shape index (κ2) is 8.04. The summed E-state index contributed by atoms with van der Waals surface area (Å²) in [5, 5.41) is 0. The number of thiocarbonyl (C=S) groups is 1. The van der Waals surface area contributed by atoms with Crippen LogP contribution in [0.1, 0.15) is 34.1 Å². The van der Waals surface area contributed by atoms with Crippen LogP contribution in [0.4, 0.5) is 0 Å².